The summed E-state index contributed by atoms with van der Waals surface area (Å²) in [5, 5.41) is 9.77. The molecule has 6 heteroatoms. The van der Waals surface area contributed by atoms with E-state index < -0.39 is 5.66 Å². The van der Waals surface area contributed by atoms with Gasteiger partial charge in [0.1, 0.15) is 11.5 Å². The maximum absolute atomic E-state index is 12.3. The summed E-state index contributed by atoms with van der Waals surface area (Å²) in [5.41, 5.74) is 7.27. The van der Waals surface area contributed by atoms with Gasteiger partial charge in [-0.2, -0.15) is 0 Å². The Morgan fingerprint density at radius 3 is 2.60 bits per heavy atom. The molecular weight excluding hydrogens is 316 g/mol. The molecule has 0 aromatic carbocycles. The number of hydrogen-bond donors (Lipinski definition) is 4. The third-order valence-corrected chi connectivity index (χ3v) is 4.55. The van der Waals surface area contributed by atoms with E-state index in [2.05, 4.69) is 16.0 Å². The van der Waals surface area contributed by atoms with E-state index in [0.717, 1.165) is 49.7 Å². The predicted octanol–water partition coefficient (Wildman–Crippen LogP) is 1.95. The van der Waals surface area contributed by atoms with Gasteiger partial charge >= 0.3 is 0 Å². The van der Waals surface area contributed by atoms with Crippen LogP contribution in [0.15, 0.2) is 23.2 Å². The molecule has 25 heavy (non-hydrogen) atoms. The first-order chi connectivity index (χ1) is 11.6. The van der Waals surface area contributed by atoms with Crippen LogP contribution in [0.3, 0.4) is 0 Å². The highest BCUT2D eigenvalue weighted by Crippen LogP contribution is 2.23. The Balaban J connectivity index is 2.01. The van der Waals surface area contributed by atoms with E-state index in [1.165, 1.54) is 0 Å². The molecule has 5 N–H and O–H groups in total. The second kappa shape index (κ2) is 7.79. The van der Waals surface area contributed by atoms with E-state index in [1.807, 2.05) is 40.7 Å². The number of amides is 1. The van der Waals surface area contributed by atoms with Crippen LogP contribution in [0.1, 0.15) is 53.9 Å². The van der Waals surface area contributed by atoms with E-state index in [4.69, 9.17) is 10.5 Å². The summed E-state index contributed by atoms with van der Waals surface area (Å²) in [4.78, 5) is 12.3. The summed E-state index contributed by atoms with van der Waals surface area (Å²) in [5.74, 6) is 1.52. The predicted molar refractivity (Wildman–Crippen MR) is 100 cm³/mol. The van der Waals surface area contributed by atoms with Crippen molar-refractivity contribution in [3.05, 3.63) is 23.2 Å². The summed E-state index contributed by atoms with van der Waals surface area (Å²) in [6.07, 6.45) is 4.64. The van der Waals surface area contributed by atoms with Gasteiger partial charge in [-0.3, -0.25) is 4.79 Å². The van der Waals surface area contributed by atoms with Crippen molar-refractivity contribution in [3.8, 4) is 0 Å². The SMILES string of the molecule is CC1=C(NC(=O)CC(C)(C)C)C(C)(N)NC(NCC2CCOCC2)=C1. The Labute approximate surface area is 151 Å². The van der Waals surface area contributed by atoms with Crippen LogP contribution < -0.4 is 21.7 Å². The lowest BCUT2D eigenvalue weighted by atomic mass is 9.91. The number of rotatable bonds is 5. The molecule has 1 fully saturated rings. The Bertz CT molecular complexity index is 552. The summed E-state index contributed by atoms with van der Waals surface area (Å²) in [6, 6.07) is 0. The fraction of sp³-hybridized carbons (Fsp3) is 0.737. The largest absolute Gasteiger partial charge is 0.381 e. The molecule has 1 amide bonds. The Kier molecular flexibility index (Phi) is 6.16. The average molecular weight is 351 g/mol. The monoisotopic (exact) mass is 350 g/mol. The van der Waals surface area contributed by atoms with Crippen LogP contribution >= 0.6 is 0 Å². The second-order valence-electron chi connectivity index (χ2n) is 8.67. The van der Waals surface area contributed by atoms with Gasteiger partial charge in [0.2, 0.25) is 5.91 Å². The van der Waals surface area contributed by atoms with Crippen molar-refractivity contribution in [2.45, 2.75) is 59.5 Å². The number of dihydropyridines is 1. The highest BCUT2D eigenvalue weighted by atomic mass is 16.5. The number of hydrogen-bond acceptors (Lipinski definition) is 5. The number of allylic oxidation sites excluding steroid dienone is 2. The molecule has 2 rings (SSSR count). The van der Waals surface area contributed by atoms with Gasteiger partial charge < -0.3 is 26.4 Å². The van der Waals surface area contributed by atoms with Crippen molar-refractivity contribution in [3.63, 3.8) is 0 Å². The van der Waals surface area contributed by atoms with Gasteiger partial charge in [0.25, 0.3) is 0 Å². The Morgan fingerprint density at radius 1 is 1.40 bits per heavy atom. The molecule has 0 saturated carbocycles. The molecule has 2 heterocycles. The second-order valence-corrected chi connectivity index (χ2v) is 8.67. The van der Waals surface area contributed by atoms with E-state index in [9.17, 15) is 4.79 Å². The van der Waals surface area contributed by atoms with E-state index in [1.54, 1.807) is 0 Å². The van der Waals surface area contributed by atoms with E-state index >= 15 is 0 Å². The minimum absolute atomic E-state index is 0.00709. The topological polar surface area (TPSA) is 88.4 Å². The van der Waals surface area contributed by atoms with Crippen molar-refractivity contribution in [2.24, 2.45) is 17.1 Å². The van der Waals surface area contributed by atoms with E-state index in [-0.39, 0.29) is 11.3 Å². The first-order valence-electron chi connectivity index (χ1n) is 9.18. The highest BCUT2D eigenvalue weighted by molar-refractivity contribution is 5.79. The Morgan fingerprint density at radius 2 is 2.04 bits per heavy atom. The number of nitrogens with two attached hydrogens (primary N) is 1. The van der Waals surface area contributed by atoms with Gasteiger partial charge in [-0.1, -0.05) is 20.8 Å². The van der Waals surface area contributed by atoms with Gasteiger partial charge in [-0.15, -0.1) is 0 Å². The van der Waals surface area contributed by atoms with Gasteiger partial charge in [0.05, 0.1) is 5.70 Å². The molecule has 0 aromatic rings. The third-order valence-electron chi connectivity index (χ3n) is 4.55. The van der Waals surface area contributed by atoms with Crippen molar-refractivity contribution < 1.29 is 9.53 Å². The van der Waals surface area contributed by atoms with Crippen LogP contribution in [0.25, 0.3) is 0 Å². The van der Waals surface area contributed by atoms with Crippen LogP contribution in [-0.2, 0) is 9.53 Å². The molecule has 0 aliphatic carbocycles. The molecule has 1 unspecified atom stereocenters. The number of carbonyl (C=O) groups is 1. The molecule has 1 atom stereocenters. The molecule has 0 aromatic heterocycles. The zero-order chi connectivity index (χ0) is 18.7. The average Bonchev–Trinajstić information content (AvgIpc) is 2.48. The molecular formula is C19H34N4O2. The quantitative estimate of drug-likeness (QED) is 0.609. The zero-order valence-corrected chi connectivity index (χ0v) is 16.3. The molecule has 2 aliphatic rings. The maximum Gasteiger partial charge on any atom is 0.224 e. The summed E-state index contributed by atoms with van der Waals surface area (Å²) in [7, 11) is 0. The van der Waals surface area contributed by atoms with Crippen molar-refractivity contribution in [1.29, 1.82) is 0 Å². The number of carbonyl (C=O) groups excluding carboxylic acids is 1. The summed E-state index contributed by atoms with van der Waals surface area (Å²) in [6.45, 7) is 12.6. The van der Waals surface area contributed by atoms with E-state index in [0.29, 0.717) is 12.3 Å². The first kappa shape index (κ1) is 19.8. The van der Waals surface area contributed by atoms with Crippen LogP contribution in [0.4, 0.5) is 0 Å². The van der Waals surface area contributed by atoms with Gasteiger partial charge in [0, 0.05) is 26.2 Å². The molecule has 6 nitrogen and oxygen atoms in total. The molecule has 0 bridgehead atoms. The van der Waals surface area contributed by atoms with Gasteiger partial charge in [-0.25, -0.2) is 0 Å². The van der Waals surface area contributed by atoms with Crippen molar-refractivity contribution in [1.82, 2.24) is 16.0 Å². The lowest BCUT2D eigenvalue weighted by molar-refractivity contribution is -0.122. The van der Waals surface area contributed by atoms with Gasteiger partial charge in [-0.05, 0) is 49.7 Å². The molecule has 1 saturated heterocycles. The molecule has 0 spiro atoms. The maximum atomic E-state index is 12.3. The number of nitrogens with one attached hydrogen (secondary N) is 3. The normalized spacial score (nSPS) is 25.3. The smallest absolute Gasteiger partial charge is 0.224 e. The fourth-order valence-corrected chi connectivity index (χ4v) is 3.27. The lowest BCUT2D eigenvalue weighted by Crippen LogP contribution is -2.59. The van der Waals surface area contributed by atoms with Crippen LogP contribution in [-0.4, -0.2) is 31.3 Å². The molecule has 142 valence electrons. The highest BCUT2D eigenvalue weighted by Gasteiger charge is 2.32. The Hall–Kier alpha value is -1.53. The minimum Gasteiger partial charge on any atom is -0.381 e. The van der Waals surface area contributed by atoms with Gasteiger partial charge in [0.15, 0.2) is 0 Å². The minimum atomic E-state index is -0.815. The zero-order valence-electron chi connectivity index (χ0n) is 16.3. The fourth-order valence-electron chi connectivity index (χ4n) is 3.27. The molecule has 0 radical (unpaired) electrons. The van der Waals surface area contributed by atoms with Crippen molar-refractivity contribution >= 4 is 5.91 Å². The summed E-state index contributed by atoms with van der Waals surface area (Å²) >= 11 is 0. The van der Waals surface area contributed by atoms with Crippen LogP contribution in [0, 0.1) is 11.3 Å². The lowest BCUT2D eigenvalue weighted by Gasteiger charge is -2.37. The van der Waals surface area contributed by atoms with Crippen LogP contribution in [0.2, 0.25) is 0 Å². The van der Waals surface area contributed by atoms with Crippen molar-refractivity contribution in [2.75, 3.05) is 19.8 Å². The standard InChI is InChI=1S/C19H34N4O2/c1-13-10-15(21-12-14-6-8-25-9-7-14)23-19(5,20)17(13)22-16(24)11-18(2,3)4/h10,14,21,23H,6-9,11-12,20H2,1-5H3,(H,22,24). The third kappa shape index (κ3) is 6.04. The molecule has 2 aliphatic heterocycles. The summed E-state index contributed by atoms with van der Waals surface area (Å²) < 4.78 is 5.40. The first-order valence-corrected chi connectivity index (χ1v) is 9.18. The van der Waals surface area contributed by atoms with Crippen LogP contribution in [0.5, 0.6) is 0 Å². The number of ether oxygens (including phenoxy) is 1.